The van der Waals surface area contributed by atoms with Crippen molar-refractivity contribution < 1.29 is 36.0 Å². The van der Waals surface area contributed by atoms with E-state index in [1.807, 2.05) is 0 Å². The number of aromatic amines is 1. The van der Waals surface area contributed by atoms with Crippen LogP contribution < -0.4 is 15.8 Å². The third-order valence-corrected chi connectivity index (χ3v) is 5.60. The number of phosphoric ester groups is 1. The first-order valence-corrected chi connectivity index (χ1v) is 9.44. The van der Waals surface area contributed by atoms with Crippen LogP contribution in [0.4, 0.5) is 13.2 Å². The number of halogens is 3. The zero-order chi connectivity index (χ0) is 20.1. The summed E-state index contributed by atoms with van der Waals surface area (Å²) in [6, 6.07) is 2.38. The fourth-order valence-electron chi connectivity index (χ4n) is 2.89. The van der Waals surface area contributed by atoms with Crippen molar-refractivity contribution in [3.05, 3.63) is 62.7 Å². The van der Waals surface area contributed by atoms with Gasteiger partial charge < -0.3 is 9.26 Å². The lowest BCUT2D eigenvalue weighted by Crippen LogP contribution is -2.34. The van der Waals surface area contributed by atoms with Crippen LogP contribution in [0, 0.1) is 17.5 Å². The molecule has 4 rings (SSSR count). The Kier molecular flexibility index (Phi) is 4.66. The summed E-state index contributed by atoms with van der Waals surface area (Å²) < 4.78 is 74.4. The van der Waals surface area contributed by atoms with Crippen LogP contribution in [-0.2, 0) is 18.3 Å². The monoisotopic (exact) mass is 420 g/mol. The number of ether oxygens (including phenoxy) is 1. The second-order valence-corrected chi connectivity index (χ2v) is 7.61. The smallest absolute Gasteiger partial charge is 0.401 e. The van der Waals surface area contributed by atoms with Crippen molar-refractivity contribution in [1.82, 2.24) is 9.55 Å². The van der Waals surface area contributed by atoms with E-state index in [2.05, 4.69) is 0 Å². The van der Waals surface area contributed by atoms with Gasteiger partial charge in [-0.05, 0) is 12.1 Å². The van der Waals surface area contributed by atoms with Gasteiger partial charge in [0.05, 0.1) is 12.8 Å². The van der Waals surface area contributed by atoms with Gasteiger partial charge in [-0.3, -0.25) is 23.4 Å². The van der Waals surface area contributed by atoms with Crippen molar-refractivity contribution in [2.24, 2.45) is 0 Å². The Bertz CT molecular complexity index is 1090. The number of fused-ring (bicyclic) bond motifs is 1. The van der Waals surface area contributed by atoms with Gasteiger partial charge in [0.25, 0.3) is 5.56 Å². The van der Waals surface area contributed by atoms with E-state index in [1.54, 1.807) is 4.98 Å². The average Bonchev–Trinajstić information content (AvgIpc) is 3.03. The predicted octanol–water partition coefficient (Wildman–Crippen LogP) is 1.84. The van der Waals surface area contributed by atoms with Crippen LogP contribution in [0.2, 0.25) is 0 Å². The van der Waals surface area contributed by atoms with E-state index in [1.165, 1.54) is 0 Å². The molecular formula is C15H12F3N2O7P. The zero-order valence-corrected chi connectivity index (χ0v) is 14.7. The van der Waals surface area contributed by atoms with Crippen molar-refractivity contribution in [3.63, 3.8) is 0 Å². The van der Waals surface area contributed by atoms with E-state index in [0.29, 0.717) is 12.3 Å². The van der Waals surface area contributed by atoms with E-state index in [0.717, 1.165) is 16.7 Å². The minimum absolute atomic E-state index is 0.0430. The van der Waals surface area contributed by atoms with Crippen LogP contribution in [0.3, 0.4) is 0 Å². The minimum atomic E-state index is -4.26. The lowest BCUT2D eigenvalue weighted by atomic mass is 10.2. The van der Waals surface area contributed by atoms with Gasteiger partial charge in [0.15, 0.2) is 11.6 Å². The third-order valence-electron chi connectivity index (χ3n) is 4.18. The molecule has 3 heterocycles. The molecule has 4 atom stereocenters. The molecule has 0 saturated carbocycles. The molecule has 0 bridgehead atoms. The summed E-state index contributed by atoms with van der Waals surface area (Å²) in [5.41, 5.74) is -2.07. The lowest BCUT2D eigenvalue weighted by molar-refractivity contribution is -0.0669. The van der Waals surface area contributed by atoms with Crippen LogP contribution in [0.15, 0.2) is 34.0 Å². The summed E-state index contributed by atoms with van der Waals surface area (Å²) in [7, 11) is -4.26. The Morgan fingerprint density at radius 2 is 1.96 bits per heavy atom. The maximum absolute atomic E-state index is 13.7. The molecule has 1 unspecified atom stereocenters. The summed E-state index contributed by atoms with van der Waals surface area (Å²) in [6.07, 6.45) is -2.02. The molecule has 2 aromatic rings. The molecule has 0 amide bonds. The van der Waals surface area contributed by atoms with Gasteiger partial charge >= 0.3 is 13.5 Å². The van der Waals surface area contributed by atoms with Crippen molar-refractivity contribution in [2.75, 3.05) is 6.61 Å². The Labute approximate surface area is 154 Å². The second-order valence-electron chi connectivity index (χ2n) is 6.06. The second kappa shape index (κ2) is 6.89. The number of hydrogen-bond acceptors (Lipinski definition) is 7. The number of nitrogens with zero attached hydrogens (tertiary/aromatic N) is 1. The minimum Gasteiger partial charge on any atom is -0.401 e. The van der Waals surface area contributed by atoms with Gasteiger partial charge in [-0.25, -0.2) is 18.1 Å². The third kappa shape index (κ3) is 3.51. The first kappa shape index (κ1) is 18.9. The molecule has 28 heavy (non-hydrogen) atoms. The standard InChI is InChI=1S/C15H12F3N2O7P/c16-7-1-2-10(8(17)3-7)26-28(23)24-6-12-11(27-28)4-13(25-12)20-5-9(18)14(21)19-15(20)22/h1-3,5,11-13H,4,6H2,(H,19,21,22)/t11-,12+,13+,28?/m0/s1. The number of aromatic nitrogens is 2. The Hall–Kier alpha value is -2.40. The molecule has 0 spiro atoms. The molecule has 2 aliphatic heterocycles. The fourth-order valence-corrected chi connectivity index (χ4v) is 4.31. The van der Waals surface area contributed by atoms with E-state index in [-0.39, 0.29) is 13.0 Å². The van der Waals surface area contributed by atoms with Crippen molar-refractivity contribution >= 4 is 7.82 Å². The van der Waals surface area contributed by atoms with Crippen molar-refractivity contribution in [1.29, 1.82) is 0 Å². The number of benzene rings is 1. The molecule has 0 radical (unpaired) electrons. The van der Waals surface area contributed by atoms with Gasteiger partial charge in [-0.15, -0.1) is 0 Å². The summed E-state index contributed by atoms with van der Waals surface area (Å²) in [5, 5.41) is 0. The highest BCUT2D eigenvalue weighted by atomic mass is 31.2. The molecular weight excluding hydrogens is 408 g/mol. The molecule has 1 aromatic heterocycles. The summed E-state index contributed by atoms with van der Waals surface area (Å²) in [5.74, 6) is -3.66. The highest BCUT2D eigenvalue weighted by molar-refractivity contribution is 7.49. The molecule has 150 valence electrons. The number of hydrogen-bond donors (Lipinski definition) is 1. The SMILES string of the molecule is O=c1[nH]c(=O)n([C@H]2C[C@@H]3OP(=O)(Oc4ccc(F)cc4F)OC[C@H]3O2)cc1F. The molecule has 1 N–H and O–H groups in total. The number of rotatable bonds is 3. The van der Waals surface area contributed by atoms with Crippen LogP contribution in [0.5, 0.6) is 5.75 Å². The Morgan fingerprint density at radius 3 is 2.71 bits per heavy atom. The first-order valence-electron chi connectivity index (χ1n) is 7.98. The summed E-state index contributed by atoms with van der Waals surface area (Å²) in [4.78, 5) is 24.8. The van der Waals surface area contributed by atoms with Gasteiger partial charge in [-0.1, -0.05) is 0 Å². The quantitative estimate of drug-likeness (QED) is 0.755. The molecule has 2 fully saturated rings. The fraction of sp³-hybridized carbons (Fsp3) is 0.333. The van der Waals surface area contributed by atoms with Crippen molar-refractivity contribution in [2.45, 2.75) is 24.9 Å². The number of nitrogens with one attached hydrogen (secondary N) is 1. The van der Waals surface area contributed by atoms with Crippen molar-refractivity contribution in [3.8, 4) is 5.75 Å². The largest absolute Gasteiger partial charge is 0.530 e. The maximum atomic E-state index is 13.7. The average molecular weight is 420 g/mol. The van der Waals surface area contributed by atoms with Gasteiger partial charge in [0.2, 0.25) is 5.82 Å². The first-order chi connectivity index (χ1) is 13.2. The van der Waals surface area contributed by atoms with E-state index in [4.69, 9.17) is 18.3 Å². The van der Waals surface area contributed by atoms with E-state index in [9.17, 15) is 27.3 Å². The summed E-state index contributed by atoms with van der Waals surface area (Å²) >= 11 is 0. The molecule has 13 heteroatoms. The zero-order valence-electron chi connectivity index (χ0n) is 13.8. The van der Waals surface area contributed by atoms with Gasteiger partial charge in [0, 0.05) is 12.5 Å². The molecule has 2 aliphatic rings. The highest BCUT2D eigenvalue weighted by Crippen LogP contribution is 2.56. The maximum Gasteiger partial charge on any atom is 0.530 e. The molecule has 2 saturated heterocycles. The number of phosphoric acid groups is 1. The van der Waals surface area contributed by atoms with E-state index < -0.39 is 60.7 Å². The highest BCUT2D eigenvalue weighted by Gasteiger charge is 2.49. The van der Waals surface area contributed by atoms with Gasteiger partial charge in [0.1, 0.15) is 24.3 Å². The number of H-pyrrole nitrogens is 1. The predicted molar refractivity (Wildman–Crippen MR) is 85.2 cm³/mol. The summed E-state index contributed by atoms with van der Waals surface area (Å²) in [6.45, 7) is -0.276. The Balaban J connectivity index is 1.52. The van der Waals surface area contributed by atoms with Crippen LogP contribution in [0.1, 0.15) is 12.6 Å². The van der Waals surface area contributed by atoms with Crippen LogP contribution in [-0.4, -0.2) is 28.4 Å². The normalized spacial score (nSPS) is 29.5. The van der Waals surface area contributed by atoms with E-state index >= 15 is 0 Å². The lowest BCUT2D eigenvalue weighted by Gasteiger charge is -2.29. The topological polar surface area (TPSA) is 109 Å². The van der Waals surface area contributed by atoms with Crippen LogP contribution >= 0.6 is 7.82 Å². The molecule has 9 nitrogen and oxygen atoms in total. The Morgan fingerprint density at radius 1 is 1.18 bits per heavy atom. The molecule has 0 aliphatic carbocycles. The van der Waals surface area contributed by atoms with Crippen LogP contribution in [0.25, 0.3) is 0 Å². The van der Waals surface area contributed by atoms with Gasteiger partial charge in [-0.2, -0.15) is 4.39 Å². The molecule has 1 aromatic carbocycles.